The minimum absolute atomic E-state index is 0.0236. The van der Waals surface area contributed by atoms with Crippen molar-refractivity contribution in [3.8, 4) is 40.1 Å². The molecule has 5 aliphatic heterocycles. The molecule has 17 N–H and O–H groups in total. The highest BCUT2D eigenvalue weighted by molar-refractivity contribution is 5.88. The van der Waals surface area contributed by atoms with Crippen LogP contribution in [0.15, 0.2) is 76.0 Å². The average molecular weight is 1210 g/mol. The Balaban J connectivity index is 0.958. The van der Waals surface area contributed by atoms with Gasteiger partial charge in [0, 0.05) is 23.8 Å². The average Bonchev–Trinajstić information content (AvgIpc) is 1.56. The second-order valence-electron chi connectivity index (χ2n) is 20.8. The molecular weight excluding hydrogens is 1140 g/mol. The number of carbonyl (C=O) groups excluding carboxylic acids is 1. The number of phenols is 3. The molecular formula is C54H66O31. The van der Waals surface area contributed by atoms with Crippen molar-refractivity contribution < 1.29 is 148 Å². The zero-order chi connectivity index (χ0) is 61.5. The fraction of sp³-hybridized carbons (Fsp3) is 0.556. The van der Waals surface area contributed by atoms with Crippen molar-refractivity contribution in [2.24, 2.45) is 0 Å². The molecule has 468 valence electrons. The maximum absolute atomic E-state index is 14.6. The Bertz CT molecular complexity index is 2980. The van der Waals surface area contributed by atoms with Crippen molar-refractivity contribution in [2.45, 2.75) is 167 Å². The van der Waals surface area contributed by atoms with E-state index in [-0.39, 0.29) is 28.4 Å². The van der Waals surface area contributed by atoms with Crippen LogP contribution in [0.25, 0.3) is 28.4 Å². The molecule has 9 rings (SSSR count). The first kappa shape index (κ1) is 63.7. The van der Waals surface area contributed by atoms with Crippen LogP contribution in [0.1, 0.15) is 19.4 Å². The van der Waals surface area contributed by atoms with Crippen LogP contribution >= 0.6 is 0 Å². The van der Waals surface area contributed by atoms with E-state index in [1.54, 1.807) is 0 Å². The summed E-state index contributed by atoms with van der Waals surface area (Å²) in [6.07, 6.45) is -43.1. The second kappa shape index (κ2) is 26.7. The molecule has 0 radical (unpaired) electrons. The molecule has 25 atom stereocenters. The van der Waals surface area contributed by atoms with E-state index < -0.39 is 207 Å². The molecule has 0 spiro atoms. The molecule has 4 aromatic rings. The number of hydrogen-bond acceptors (Lipinski definition) is 31. The minimum Gasteiger partial charge on any atom is -0.508 e. The van der Waals surface area contributed by atoms with Gasteiger partial charge in [0.25, 0.3) is 0 Å². The minimum atomic E-state index is -2.28. The molecule has 5 fully saturated rings. The first-order valence-electron chi connectivity index (χ1n) is 26.6. The number of aliphatic hydroxyl groups excluding tert-OH is 14. The van der Waals surface area contributed by atoms with E-state index in [1.807, 2.05) is 0 Å². The molecule has 1 aromatic heterocycles. The molecule has 0 bridgehead atoms. The van der Waals surface area contributed by atoms with Crippen LogP contribution in [0, 0.1) is 0 Å². The first-order valence-corrected chi connectivity index (χ1v) is 26.6. The summed E-state index contributed by atoms with van der Waals surface area (Å²) in [7, 11) is 0. The van der Waals surface area contributed by atoms with Gasteiger partial charge < -0.3 is 143 Å². The monoisotopic (exact) mass is 1210 g/mol. The summed E-state index contributed by atoms with van der Waals surface area (Å²) in [6, 6.07) is 12.7. The molecule has 0 amide bonds. The first-order chi connectivity index (χ1) is 40.4. The SMILES string of the molecule is C[C@H]1O[C@@H](Oc2cc(O)c3c(=O)c(O[C@@H]4O[C@H](COC(=O)/C=C/c5ccc(O)cc5)[C@@H](O[C@@H]5O[C@H](CO)[C@@H](O[C@@H]6O[C@H](C)[C@H](O[C@@H]7O[C@H](CO)[C@@H](O)[C@H](O)[C@H]7O)[C@@H](O)[C@H]6O)[C@H](O)[C@H]5O)[C@H](O)[C@H]4O)c(-c4ccc(O)cc4)oc3c2)[C@H](O)[C@H](O)[C@H]1O. The van der Waals surface area contributed by atoms with E-state index in [1.165, 1.54) is 68.5 Å². The van der Waals surface area contributed by atoms with Gasteiger partial charge in [-0.3, -0.25) is 4.79 Å². The van der Waals surface area contributed by atoms with Gasteiger partial charge in [-0.25, -0.2) is 4.79 Å². The van der Waals surface area contributed by atoms with E-state index >= 15 is 0 Å². The van der Waals surface area contributed by atoms with E-state index in [0.29, 0.717) is 5.56 Å². The lowest BCUT2D eigenvalue weighted by molar-refractivity contribution is -0.384. The number of benzene rings is 3. The standard InChI is InChI=1S/C54H66O31/c1-18-32(61)35(64)40(69)50(75-18)77-24-13-25(59)31-26(14-24)78-46(21-6-10-23(58)11-7-21)49(34(31)63)85-54-44(73)39(68)48(29(81-54)17-74-30(60)12-5-20-3-8-22(57)9-4-20)84-53-43(72)38(67)47(28(16-56)80-53)83-51-42(71)37(66)45(19(2)76-51)82-52-41(70)36(65)33(62)27(15-55)79-52/h3-14,18-19,27-29,32-33,35-45,47-48,50-59,61-62,64-73H,15-17H2,1-2H3/b12-5+/t18-,19-,27-,28-,29-,32+,33-,35-,36+,37+,38-,39-,40-,41-,42-,43-,44-,45+,47-,48-,50+,51+,52+,53+,54+/m1/s1. The molecule has 5 aliphatic rings. The van der Waals surface area contributed by atoms with Crippen molar-refractivity contribution in [1.82, 2.24) is 0 Å². The van der Waals surface area contributed by atoms with Gasteiger partial charge in [0.1, 0.15) is 150 Å². The number of rotatable bonds is 17. The van der Waals surface area contributed by atoms with Crippen molar-refractivity contribution in [3.63, 3.8) is 0 Å². The largest absolute Gasteiger partial charge is 0.508 e. The van der Waals surface area contributed by atoms with Crippen LogP contribution in [0.2, 0.25) is 0 Å². The molecule has 6 heterocycles. The number of aromatic hydroxyl groups is 3. The van der Waals surface area contributed by atoms with Crippen molar-refractivity contribution in [2.75, 3.05) is 19.8 Å². The van der Waals surface area contributed by atoms with Gasteiger partial charge in [-0.1, -0.05) is 12.1 Å². The van der Waals surface area contributed by atoms with Crippen molar-refractivity contribution in [1.29, 1.82) is 0 Å². The number of aliphatic hydroxyl groups is 14. The molecule has 5 saturated heterocycles. The van der Waals surface area contributed by atoms with E-state index in [2.05, 4.69) is 0 Å². The summed E-state index contributed by atoms with van der Waals surface area (Å²) in [6.45, 7) is 0.0108. The molecule has 0 unspecified atom stereocenters. The molecule has 31 heteroatoms. The van der Waals surface area contributed by atoms with Gasteiger partial charge in [-0.05, 0) is 61.9 Å². The fourth-order valence-corrected chi connectivity index (χ4v) is 10.1. The van der Waals surface area contributed by atoms with Crippen LogP contribution in [0.5, 0.6) is 28.7 Å². The molecule has 85 heavy (non-hydrogen) atoms. The van der Waals surface area contributed by atoms with Crippen molar-refractivity contribution in [3.05, 3.63) is 82.5 Å². The molecule has 0 aliphatic carbocycles. The van der Waals surface area contributed by atoms with Gasteiger partial charge in [0.05, 0.1) is 25.4 Å². The van der Waals surface area contributed by atoms with Crippen LogP contribution in [-0.2, 0) is 47.4 Å². The Kier molecular flexibility index (Phi) is 20.0. The summed E-state index contributed by atoms with van der Waals surface area (Å²) in [5.74, 6) is -3.65. The van der Waals surface area contributed by atoms with Crippen molar-refractivity contribution >= 4 is 23.0 Å². The normalized spacial score (nSPS) is 38.9. The topological polar surface area (TPSA) is 493 Å². The number of fused-ring (bicyclic) bond motifs is 1. The maximum atomic E-state index is 14.6. The van der Waals surface area contributed by atoms with Gasteiger partial charge in [-0.2, -0.15) is 0 Å². The number of phenolic OH excluding ortho intramolecular Hbond substituents is 3. The highest BCUT2D eigenvalue weighted by atomic mass is 16.8. The predicted octanol–water partition coefficient (Wildman–Crippen LogP) is -5.27. The Labute approximate surface area is 479 Å². The van der Waals surface area contributed by atoms with Crippen LogP contribution in [0.4, 0.5) is 0 Å². The second-order valence-corrected chi connectivity index (χ2v) is 20.8. The van der Waals surface area contributed by atoms with Crippen LogP contribution < -0.4 is 14.9 Å². The number of esters is 1. The lowest BCUT2D eigenvalue weighted by atomic mass is 9.95. The van der Waals surface area contributed by atoms with Gasteiger partial charge in [0.2, 0.25) is 23.8 Å². The fourth-order valence-electron chi connectivity index (χ4n) is 10.1. The van der Waals surface area contributed by atoms with Gasteiger partial charge in [0.15, 0.2) is 24.6 Å². The third-order valence-corrected chi connectivity index (χ3v) is 15.0. The highest BCUT2D eigenvalue weighted by Gasteiger charge is 2.55. The summed E-state index contributed by atoms with van der Waals surface area (Å²) >= 11 is 0. The highest BCUT2D eigenvalue weighted by Crippen LogP contribution is 2.40. The molecule has 3 aromatic carbocycles. The predicted molar refractivity (Wildman–Crippen MR) is 276 cm³/mol. The zero-order valence-corrected chi connectivity index (χ0v) is 44.8. The lowest BCUT2D eigenvalue weighted by Gasteiger charge is -2.49. The smallest absolute Gasteiger partial charge is 0.330 e. The zero-order valence-electron chi connectivity index (χ0n) is 44.8. The number of ether oxygens (including phenoxy) is 11. The van der Waals surface area contributed by atoms with E-state index in [4.69, 9.17) is 56.5 Å². The Hall–Kier alpha value is -5.80. The quantitative estimate of drug-likeness (QED) is 0.0347. The van der Waals surface area contributed by atoms with Gasteiger partial charge >= 0.3 is 5.97 Å². The third-order valence-electron chi connectivity index (χ3n) is 15.0. The molecule has 31 nitrogen and oxygen atoms in total. The lowest BCUT2D eigenvalue weighted by Crippen LogP contribution is -2.67. The number of carbonyl (C=O) groups is 1. The number of hydrogen-bond donors (Lipinski definition) is 17. The summed E-state index contributed by atoms with van der Waals surface area (Å²) < 4.78 is 69.3. The van der Waals surface area contributed by atoms with E-state index in [0.717, 1.165) is 18.2 Å². The summed E-state index contributed by atoms with van der Waals surface area (Å²) in [4.78, 5) is 27.8. The Morgan fingerprint density at radius 2 is 1.00 bits per heavy atom. The summed E-state index contributed by atoms with van der Waals surface area (Å²) in [5.41, 5.74) is -1.06. The Morgan fingerprint density at radius 1 is 0.518 bits per heavy atom. The summed E-state index contributed by atoms with van der Waals surface area (Å²) in [5, 5.41) is 182. The molecule has 0 saturated carbocycles. The van der Waals surface area contributed by atoms with Crippen LogP contribution in [0.3, 0.4) is 0 Å². The maximum Gasteiger partial charge on any atom is 0.330 e. The third kappa shape index (κ3) is 13.4. The van der Waals surface area contributed by atoms with Gasteiger partial charge in [-0.15, -0.1) is 0 Å². The Morgan fingerprint density at radius 3 is 1.62 bits per heavy atom. The van der Waals surface area contributed by atoms with E-state index in [9.17, 15) is 96.4 Å². The van der Waals surface area contributed by atoms with Crippen LogP contribution in [-0.4, -0.2) is 266 Å².